The van der Waals surface area contributed by atoms with E-state index < -0.39 is 0 Å². The normalized spacial score (nSPS) is 10.8. The summed E-state index contributed by atoms with van der Waals surface area (Å²) >= 11 is 0. The summed E-state index contributed by atoms with van der Waals surface area (Å²) in [5.41, 5.74) is 0.894. The van der Waals surface area contributed by atoms with E-state index in [0.717, 1.165) is 18.4 Å². The minimum absolute atomic E-state index is 0.352. The molecule has 0 amide bonds. The maximum absolute atomic E-state index is 9.36. The van der Waals surface area contributed by atoms with Gasteiger partial charge in [-0.25, -0.2) is 0 Å². The van der Waals surface area contributed by atoms with Gasteiger partial charge in [0.15, 0.2) is 0 Å². The third kappa shape index (κ3) is 2.42. The summed E-state index contributed by atoms with van der Waals surface area (Å²) in [6.07, 6.45) is 6.24. The number of rotatable bonds is 3. The number of aromatic hydroxyl groups is 1. The SMILES string of the molecule is CCC/C=C\c1ccccc1O. The minimum atomic E-state index is 0.352. The second kappa shape index (κ2) is 4.60. The quantitative estimate of drug-likeness (QED) is 0.723. The van der Waals surface area contributed by atoms with Crippen LogP contribution in [0.2, 0.25) is 0 Å². The molecule has 1 nitrogen and oxygen atoms in total. The molecule has 0 aliphatic heterocycles. The van der Waals surface area contributed by atoms with Crippen LogP contribution in [-0.2, 0) is 0 Å². The van der Waals surface area contributed by atoms with Crippen LogP contribution in [0.5, 0.6) is 5.75 Å². The van der Waals surface area contributed by atoms with E-state index in [9.17, 15) is 5.11 Å². The van der Waals surface area contributed by atoms with Gasteiger partial charge in [0.05, 0.1) is 0 Å². The third-order valence-corrected chi connectivity index (χ3v) is 1.69. The lowest BCUT2D eigenvalue weighted by atomic mass is 10.1. The van der Waals surface area contributed by atoms with Crippen LogP contribution < -0.4 is 0 Å². The lowest BCUT2D eigenvalue weighted by Crippen LogP contribution is -1.72. The van der Waals surface area contributed by atoms with E-state index in [-0.39, 0.29) is 0 Å². The Bertz CT molecular complexity index is 263. The smallest absolute Gasteiger partial charge is 0.122 e. The molecule has 0 aliphatic carbocycles. The van der Waals surface area contributed by atoms with Gasteiger partial charge in [0.1, 0.15) is 5.75 Å². The first-order valence-electron chi connectivity index (χ1n) is 4.29. The predicted molar refractivity (Wildman–Crippen MR) is 52.0 cm³/mol. The monoisotopic (exact) mass is 162 g/mol. The molecule has 0 spiro atoms. The van der Waals surface area contributed by atoms with Gasteiger partial charge in [-0.05, 0) is 12.5 Å². The van der Waals surface area contributed by atoms with Gasteiger partial charge in [-0.3, -0.25) is 0 Å². The van der Waals surface area contributed by atoms with Crippen LogP contribution in [0.25, 0.3) is 6.08 Å². The van der Waals surface area contributed by atoms with Crippen molar-refractivity contribution >= 4 is 6.08 Å². The molecule has 0 bridgehead atoms. The Morgan fingerprint density at radius 3 is 2.75 bits per heavy atom. The lowest BCUT2D eigenvalue weighted by Gasteiger charge is -1.96. The molecule has 0 saturated heterocycles. The molecule has 12 heavy (non-hydrogen) atoms. The summed E-state index contributed by atoms with van der Waals surface area (Å²) < 4.78 is 0. The number of unbranched alkanes of at least 4 members (excludes halogenated alkanes) is 1. The maximum Gasteiger partial charge on any atom is 0.122 e. The van der Waals surface area contributed by atoms with Gasteiger partial charge in [0, 0.05) is 5.56 Å². The van der Waals surface area contributed by atoms with E-state index >= 15 is 0 Å². The van der Waals surface area contributed by atoms with Gasteiger partial charge in [0.25, 0.3) is 0 Å². The van der Waals surface area contributed by atoms with Crippen LogP contribution in [0.4, 0.5) is 0 Å². The first-order valence-corrected chi connectivity index (χ1v) is 4.29. The molecule has 1 aromatic carbocycles. The highest BCUT2D eigenvalue weighted by Gasteiger charge is 1.91. The zero-order chi connectivity index (χ0) is 8.81. The molecule has 0 unspecified atom stereocenters. The number of phenolic OH excluding ortho intramolecular Hbond substituents is 1. The highest BCUT2D eigenvalue weighted by molar-refractivity contribution is 5.56. The van der Waals surface area contributed by atoms with Gasteiger partial charge in [-0.15, -0.1) is 0 Å². The van der Waals surface area contributed by atoms with Crippen LogP contribution in [-0.4, -0.2) is 5.11 Å². The second-order valence-corrected chi connectivity index (χ2v) is 2.75. The van der Waals surface area contributed by atoms with Crippen molar-refractivity contribution < 1.29 is 5.11 Å². The molecule has 1 N–H and O–H groups in total. The maximum atomic E-state index is 9.36. The number of hydrogen-bond donors (Lipinski definition) is 1. The Balaban J connectivity index is 2.68. The number of allylic oxidation sites excluding steroid dienone is 1. The van der Waals surface area contributed by atoms with E-state index in [1.165, 1.54) is 0 Å². The van der Waals surface area contributed by atoms with Crippen molar-refractivity contribution in [2.24, 2.45) is 0 Å². The van der Waals surface area contributed by atoms with Crippen LogP contribution in [0.3, 0.4) is 0 Å². The summed E-state index contributed by atoms with van der Waals surface area (Å²) in [7, 11) is 0. The van der Waals surface area contributed by atoms with Crippen molar-refractivity contribution in [3.8, 4) is 5.75 Å². The molecule has 1 aromatic rings. The average Bonchev–Trinajstić information content (AvgIpc) is 2.09. The van der Waals surface area contributed by atoms with Crippen molar-refractivity contribution in [3.63, 3.8) is 0 Å². The molecule has 0 aliphatic rings. The molecule has 0 atom stereocenters. The van der Waals surface area contributed by atoms with Crippen LogP contribution in [0.1, 0.15) is 25.3 Å². The van der Waals surface area contributed by atoms with Gasteiger partial charge in [0.2, 0.25) is 0 Å². The molecule has 0 radical (unpaired) electrons. The highest BCUT2D eigenvalue weighted by Crippen LogP contribution is 2.17. The number of phenols is 1. The third-order valence-electron chi connectivity index (χ3n) is 1.69. The number of hydrogen-bond acceptors (Lipinski definition) is 1. The van der Waals surface area contributed by atoms with E-state index in [2.05, 4.69) is 13.0 Å². The minimum Gasteiger partial charge on any atom is -0.507 e. The Hall–Kier alpha value is -1.24. The van der Waals surface area contributed by atoms with E-state index in [4.69, 9.17) is 0 Å². The molecule has 0 heterocycles. The number of benzene rings is 1. The average molecular weight is 162 g/mol. The summed E-state index contributed by atoms with van der Waals surface area (Å²) in [6.45, 7) is 2.13. The molecular formula is C11H14O. The zero-order valence-corrected chi connectivity index (χ0v) is 7.33. The van der Waals surface area contributed by atoms with E-state index in [1.54, 1.807) is 6.07 Å². The fraction of sp³-hybridized carbons (Fsp3) is 0.273. The van der Waals surface area contributed by atoms with Gasteiger partial charge >= 0.3 is 0 Å². The summed E-state index contributed by atoms with van der Waals surface area (Å²) in [6, 6.07) is 7.35. The molecule has 0 aromatic heterocycles. The Morgan fingerprint density at radius 2 is 2.08 bits per heavy atom. The van der Waals surface area contributed by atoms with E-state index in [1.807, 2.05) is 24.3 Å². The van der Waals surface area contributed by atoms with Crippen LogP contribution >= 0.6 is 0 Å². The fourth-order valence-electron chi connectivity index (χ4n) is 1.01. The van der Waals surface area contributed by atoms with Crippen molar-refractivity contribution in [2.45, 2.75) is 19.8 Å². The molecule has 64 valence electrons. The lowest BCUT2D eigenvalue weighted by molar-refractivity contribution is 0.474. The van der Waals surface area contributed by atoms with Gasteiger partial charge in [-0.2, -0.15) is 0 Å². The standard InChI is InChI=1S/C11H14O/c1-2-3-4-7-10-8-5-6-9-11(10)12/h4-9,12H,2-3H2,1H3/b7-4-. The summed E-state index contributed by atoms with van der Waals surface area (Å²) in [5, 5.41) is 9.36. The largest absolute Gasteiger partial charge is 0.507 e. The predicted octanol–water partition coefficient (Wildman–Crippen LogP) is 3.21. The Labute approximate surface area is 73.4 Å². The fourth-order valence-corrected chi connectivity index (χ4v) is 1.01. The Kier molecular flexibility index (Phi) is 3.39. The van der Waals surface area contributed by atoms with Crippen molar-refractivity contribution in [1.82, 2.24) is 0 Å². The highest BCUT2D eigenvalue weighted by atomic mass is 16.3. The van der Waals surface area contributed by atoms with Crippen molar-refractivity contribution in [3.05, 3.63) is 35.9 Å². The molecular weight excluding hydrogens is 148 g/mol. The zero-order valence-electron chi connectivity index (χ0n) is 7.33. The first-order chi connectivity index (χ1) is 5.84. The van der Waals surface area contributed by atoms with Crippen molar-refractivity contribution in [1.29, 1.82) is 0 Å². The molecule has 0 saturated carbocycles. The molecule has 0 fully saturated rings. The first kappa shape index (κ1) is 8.85. The second-order valence-electron chi connectivity index (χ2n) is 2.75. The molecule has 1 rings (SSSR count). The van der Waals surface area contributed by atoms with Crippen molar-refractivity contribution in [2.75, 3.05) is 0 Å². The molecule has 1 heteroatoms. The Morgan fingerprint density at radius 1 is 1.33 bits per heavy atom. The van der Waals surface area contributed by atoms with E-state index in [0.29, 0.717) is 5.75 Å². The summed E-state index contributed by atoms with van der Waals surface area (Å²) in [4.78, 5) is 0. The number of para-hydroxylation sites is 1. The topological polar surface area (TPSA) is 20.2 Å². The summed E-state index contributed by atoms with van der Waals surface area (Å²) in [5.74, 6) is 0.352. The van der Waals surface area contributed by atoms with Gasteiger partial charge in [-0.1, -0.05) is 43.7 Å². The van der Waals surface area contributed by atoms with Crippen LogP contribution in [0.15, 0.2) is 30.3 Å². The van der Waals surface area contributed by atoms with Crippen LogP contribution in [0, 0.1) is 0 Å². The van der Waals surface area contributed by atoms with Gasteiger partial charge < -0.3 is 5.11 Å².